The van der Waals surface area contributed by atoms with E-state index in [1.54, 1.807) is 18.2 Å². The summed E-state index contributed by atoms with van der Waals surface area (Å²) in [5.74, 6) is 0.658. The summed E-state index contributed by atoms with van der Waals surface area (Å²) in [5.41, 5.74) is 2.01. The molecule has 36 heavy (non-hydrogen) atoms. The zero-order valence-electron chi connectivity index (χ0n) is 19.4. The molecule has 6 rings (SSSR count). The smallest absolute Gasteiger partial charge is 0.251 e. The number of alkyl halides is 1. The lowest BCUT2D eigenvalue weighted by molar-refractivity contribution is 0.0839. The first kappa shape index (κ1) is 24.9. The van der Waals surface area contributed by atoms with Gasteiger partial charge in [-0.05, 0) is 61.6 Å². The van der Waals surface area contributed by atoms with E-state index in [0.29, 0.717) is 34.0 Å². The average Bonchev–Trinajstić information content (AvgIpc) is 3.46. The SMILES string of the molecule is CS(=O)(=O)NC1CC2(NC(=O)c3ccc4c(ccn4-c4cc(Cl)c(OCCCl)c(C#N)c4)c3)CC1C2. The molecule has 3 saturated carbocycles. The maximum absolute atomic E-state index is 13.1. The number of fused-ring (bicyclic) bond motifs is 2. The van der Waals surface area contributed by atoms with Gasteiger partial charge >= 0.3 is 0 Å². The van der Waals surface area contributed by atoms with Crippen LogP contribution < -0.4 is 14.8 Å². The van der Waals surface area contributed by atoms with Gasteiger partial charge in [-0.3, -0.25) is 4.79 Å². The molecule has 0 aliphatic heterocycles. The van der Waals surface area contributed by atoms with Gasteiger partial charge < -0.3 is 14.6 Å². The third-order valence-electron chi connectivity index (χ3n) is 6.93. The van der Waals surface area contributed by atoms with Gasteiger partial charge in [0.25, 0.3) is 5.91 Å². The molecule has 1 unspecified atom stereocenters. The van der Waals surface area contributed by atoms with E-state index in [-0.39, 0.29) is 35.9 Å². The maximum Gasteiger partial charge on any atom is 0.251 e. The van der Waals surface area contributed by atoms with E-state index < -0.39 is 10.0 Å². The minimum absolute atomic E-state index is 0.131. The summed E-state index contributed by atoms with van der Waals surface area (Å²) in [4.78, 5) is 13.1. The molecule has 1 amide bonds. The van der Waals surface area contributed by atoms with Crippen LogP contribution in [-0.2, 0) is 10.0 Å². The molecule has 3 fully saturated rings. The Hall–Kier alpha value is -2.77. The Morgan fingerprint density at radius 1 is 1.25 bits per heavy atom. The summed E-state index contributed by atoms with van der Waals surface area (Å²) in [5, 5.41) is 13.9. The minimum atomic E-state index is -3.28. The number of hydrogen-bond donors (Lipinski definition) is 2. The molecule has 8 nitrogen and oxygen atoms in total. The van der Waals surface area contributed by atoms with E-state index in [9.17, 15) is 18.5 Å². The Balaban J connectivity index is 1.36. The topological polar surface area (TPSA) is 113 Å². The molecule has 3 aliphatic carbocycles. The lowest BCUT2D eigenvalue weighted by Gasteiger charge is -2.39. The van der Waals surface area contributed by atoms with Gasteiger partial charge in [-0.2, -0.15) is 5.26 Å². The summed E-state index contributed by atoms with van der Waals surface area (Å²) >= 11 is 12.1. The highest BCUT2D eigenvalue weighted by Crippen LogP contribution is 2.52. The van der Waals surface area contributed by atoms with Crippen molar-refractivity contribution in [1.29, 1.82) is 5.26 Å². The third-order valence-corrected chi connectivity index (χ3v) is 8.10. The van der Waals surface area contributed by atoms with E-state index in [1.807, 2.05) is 29.0 Å². The molecule has 1 aromatic heterocycles. The minimum Gasteiger partial charge on any atom is -0.489 e. The van der Waals surface area contributed by atoms with Gasteiger partial charge in [0.1, 0.15) is 12.7 Å². The van der Waals surface area contributed by atoms with Crippen LogP contribution in [0.3, 0.4) is 0 Å². The monoisotopic (exact) mass is 546 g/mol. The van der Waals surface area contributed by atoms with Gasteiger partial charge in [0, 0.05) is 34.4 Å². The van der Waals surface area contributed by atoms with Crippen molar-refractivity contribution in [2.24, 2.45) is 5.92 Å². The fourth-order valence-electron chi connectivity index (χ4n) is 5.46. The summed E-state index contributed by atoms with van der Waals surface area (Å²) in [7, 11) is -3.28. The fourth-order valence-corrected chi connectivity index (χ4v) is 6.63. The van der Waals surface area contributed by atoms with Crippen molar-refractivity contribution >= 4 is 50.0 Å². The largest absolute Gasteiger partial charge is 0.489 e. The fraction of sp³-hybridized carbons (Fsp3) is 0.360. The molecule has 2 aromatic carbocycles. The molecule has 3 aromatic rings. The number of carbonyl (C=O) groups is 1. The van der Waals surface area contributed by atoms with Crippen molar-refractivity contribution < 1.29 is 17.9 Å². The van der Waals surface area contributed by atoms with Crippen molar-refractivity contribution in [2.75, 3.05) is 18.7 Å². The van der Waals surface area contributed by atoms with Crippen molar-refractivity contribution in [3.63, 3.8) is 0 Å². The Morgan fingerprint density at radius 3 is 2.72 bits per heavy atom. The number of rotatable bonds is 8. The number of hydrogen-bond acceptors (Lipinski definition) is 5. The van der Waals surface area contributed by atoms with Crippen molar-refractivity contribution in [3.8, 4) is 17.5 Å². The number of aromatic nitrogens is 1. The third kappa shape index (κ3) is 4.66. The molecule has 1 atom stereocenters. The van der Waals surface area contributed by atoms with Crippen LogP contribution in [0.2, 0.25) is 5.02 Å². The highest BCUT2D eigenvalue weighted by Gasteiger charge is 2.57. The molecule has 2 bridgehead atoms. The zero-order valence-corrected chi connectivity index (χ0v) is 21.8. The van der Waals surface area contributed by atoms with Crippen LogP contribution in [-0.4, -0.2) is 49.2 Å². The zero-order chi connectivity index (χ0) is 25.7. The number of nitrogens with zero attached hydrogens (tertiary/aromatic N) is 2. The van der Waals surface area contributed by atoms with Crippen LogP contribution in [0.5, 0.6) is 5.75 Å². The summed E-state index contributed by atoms with van der Waals surface area (Å²) in [6.07, 6.45) is 5.16. The quantitative estimate of drug-likeness (QED) is 0.415. The summed E-state index contributed by atoms with van der Waals surface area (Å²) < 4.78 is 33.3. The van der Waals surface area contributed by atoms with Crippen LogP contribution in [0.1, 0.15) is 35.2 Å². The first-order chi connectivity index (χ1) is 17.1. The van der Waals surface area contributed by atoms with E-state index in [0.717, 1.165) is 30.0 Å². The van der Waals surface area contributed by atoms with Crippen molar-refractivity contribution in [2.45, 2.75) is 30.8 Å². The second-order valence-electron chi connectivity index (χ2n) is 9.52. The summed E-state index contributed by atoms with van der Waals surface area (Å²) in [6, 6.07) is 12.7. The maximum atomic E-state index is 13.1. The van der Waals surface area contributed by atoms with E-state index in [2.05, 4.69) is 16.1 Å². The van der Waals surface area contributed by atoms with Crippen LogP contribution in [0.4, 0.5) is 0 Å². The molecule has 188 valence electrons. The highest BCUT2D eigenvalue weighted by molar-refractivity contribution is 7.88. The number of carbonyl (C=O) groups excluding carboxylic acids is 1. The first-order valence-electron chi connectivity index (χ1n) is 11.5. The lowest BCUT2D eigenvalue weighted by Crippen LogP contribution is -2.51. The predicted molar refractivity (Wildman–Crippen MR) is 139 cm³/mol. The molecule has 3 aliphatic rings. The van der Waals surface area contributed by atoms with Gasteiger partial charge in [0.15, 0.2) is 5.75 Å². The number of sulfonamides is 1. The normalized spacial score (nSPS) is 22.7. The number of nitrogens with one attached hydrogen (secondary N) is 2. The Morgan fingerprint density at radius 2 is 2.03 bits per heavy atom. The number of ether oxygens (including phenoxy) is 1. The molecule has 0 saturated heterocycles. The van der Waals surface area contributed by atoms with Crippen molar-refractivity contribution in [1.82, 2.24) is 14.6 Å². The van der Waals surface area contributed by atoms with Gasteiger partial charge in [0.2, 0.25) is 10.0 Å². The van der Waals surface area contributed by atoms with E-state index in [1.165, 1.54) is 0 Å². The second-order valence-corrected chi connectivity index (χ2v) is 12.1. The molecule has 11 heteroatoms. The number of benzene rings is 2. The van der Waals surface area contributed by atoms with Crippen LogP contribution in [0.15, 0.2) is 42.6 Å². The Kier molecular flexibility index (Phi) is 6.41. The van der Waals surface area contributed by atoms with Gasteiger partial charge in [-0.1, -0.05) is 11.6 Å². The Labute approximate surface area is 219 Å². The second kappa shape index (κ2) is 9.27. The highest BCUT2D eigenvalue weighted by atomic mass is 35.5. The molecule has 2 N–H and O–H groups in total. The molecular weight excluding hydrogens is 523 g/mol. The molecule has 0 radical (unpaired) electrons. The lowest BCUT2D eigenvalue weighted by atomic mass is 9.76. The van der Waals surface area contributed by atoms with E-state index in [4.69, 9.17) is 27.9 Å². The number of halogens is 2. The molecule has 1 heterocycles. The van der Waals surface area contributed by atoms with Gasteiger partial charge in [-0.25, -0.2) is 13.1 Å². The predicted octanol–water partition coefficient (Wildman–Crippen LogP) is 3.97. The standard InChI is InChI=1S/C25H24Cl2N4O4S/c1-36(33,34)30-21-13-25(11-18(21)12-25)29-24(32)16-2-3-22-15(8-16)4-6-31(22)19-9-17(14-28)23(20(27)10-19)35-7-5-26/h2-4,6,8-10,18,21,30H,5,7,11-13H2,1H3,(H,29,32). The van der Waals surface area contributed by atoms with Crippen molar-refractivity contribution in [3.05, 3.63) is 58.7 Å². The van der Waals surface area contributed by atoms with Gasteiger partial charge in [0.05, 0.1) is 28.2 Å². The van der Waals surface area contributed by atoms with Gasteiger partial charge in [-0.15, -0.1) is 11.6 Å². The van der Waals surface area contributed by atoms with E-state index >= 15 is 0 Å². The molecular formula is C25H24Cl2N4O4S. The van der Waals surface area contributed by atoms with Crippen LogP contribution >= 0.6 is 23.2 Å². The Bertz CT molecular complexity index is 1510. The number of amides is 1. The number of nitriles is 1. The first-order valence-corrected chi connectivity index (χ1v) is 14.3. The van der Waals surface area contributed by atoms with Crippen LogP contribution in [0.25, 0.3) is 16.6 Å². The summed E-state index contributed by atoms with van der Waals surface area (Å²) in [6.45, 7) is 0.239. The average molecular weight is 547 g/mol. The molecule has 0 spiro atoms. The van der Waals surface area contributed by atoms with Crippen LogP contribution in [0, 0.1) is 17.2 Å².